The molecule has 0 saturated heterocycles. The first-order chi connectivity index (χ1) is 33.0. The molecule has 6 aromatic rings. The molecule has 0 radical (unpaired) electrons. The van der Waals surface area contributed by atoms with Crippen molar-refractivity contribution in [2.24, 2.45) is 0 Å². The molecule has 8 rings (SSSR count). The van der Waals surface area contributed by atoms with Crippen LogP contribution in [0, 0.1) is 0 Å². The Morgan fingerprint density at radius 3 is 1.85 bits per heavy atom. The summed E-state index contributed by atoms with van der Waals surface area (Å²) in [6.45, 7) is 1.42. The van der Waals surface area contributed by atoms with Crippen LogP contribution in [-0.4, -0.2) is 77.4 Å². The molecule has 6 N–H and O–H groups in total. The number of carboxylic acid groups (broad SMARTS) is 1. The lowest BCUT2D eigenvalue weighted by Gasteiger charge is -2.29. The molecule has 6 unspecified atom stereocenters. The van der Waals surface area contributed by atoms with Crippen LogP contribution in [0.4, 0.5) is 0 Å². The normalized spacial score (nSPS) is 19.2. The molecule has 2 aliphatic rings. The number of carbonyl (C=O) groups is 6. The number of rotatable bonds is 13. The first kappa shape index (κ1) is 48.4. The molecule has 68 heavy (non-hydrogen) atoms. The number of amides is 5. The maximum atomic E-state index is 14.8. The zero-order chi connectivity index (χ0) is 47.8. The number of benzene rings is 5. The highest BCUT2D eigenvalue weighted by Gasteiger charge is 2.35. The molecular formula is C54H55N5O8S. The molecule has 2 aliphatic heterocycles. The third-order valence-electron chi connectivity index (χ3n) is 12.0. The van der Waals surface area contributed by atoms with Crippen molar-refractivity contribution in [2.75, 3.05) is 6.61 Å². The molecule has 3 heterocycles. The number of thiophene rings is 1. The fourth-order valence-electron chi connectivity index (χ4n) is 8.09. The van der Waals surface area contributed by atoms with E-state index in [-0.39, 0.29) is 32.1 Å². The van der Waals surface area contributed by atoms with Gasteiger partial charge in [0.1, 0.15) is 36.0 Å². The van der Waals surface area contributed by atoms with E-state index in [1.807, 2.05) is 128 Å². The van der Waals surface area contributed by atoms with E-state index in [1.165, 1.54) is 11.3 Å². The van der Waals surface area contributed by atoms with E-state index >= 15 is 0 Å². The number of hydrogen-bond acceptors (Lipinski definition) is 8. The van der Waals surface area contributed by atoms with E-state index in [0.29, 0.717) is 23.3 Å². The Labute approximate surface area is 399 Å². The van der Waals surface area contributed by atoms with Crippen molar-refractivity contribution >= 4 is 46.8 Å². The topological polar surface area (TPSA) is 192 Å². The first-order valence-electron chi connectivity index (χ1n) is 22.7. The Morgan fingerprint density at radius 2 is 1.24 bits per heavy atom. The molecular weight excluding hydrogens is 879 g/mol. The van der Waals surface area contributed by atoms with Gasteiger partial charge in [0.2, 0.25) is 23.6 Å². The maximum Gasteiger partial charge on any atom is 0.326 e. The second kappa shape index (κ2) is 23.7. The molecule has 13 nitrogen and oxygen atoms in total. The maximum absolute atomic E-state index is 14.8. The van der Waals surface area contributed by atoms with Crippen LogP contribution in [-0.2, 0) is 54.5 Å². The van der Waals surface area contributed by atoms with Crippen LogP contribution in [0.15, 0.2) is 157 Å². The Kier molecular flexibility index (Phi) is 16.9. The molecule has 0 aliphatic carbocycles. The highest BCUT2D eigenvalue weighted by atomic mass is 32.1. The van der Waals surface area contributed by atoms with Gasteiger partial charge in [-0.1, -0.05) is 140 Å². The Hall–Kier alpha value is -7.58. The van der Waals surface area contributed by atoms with Crippen molar-refractivity contribution in [1.82, 2.24) is 26.6 Å². The lowest BCUT2D eigenvalue weighted by molar-refractivity contribution is -0.142. The second-order valence-electron chi connectivity index (χ2n) is 16.9. The van der Waals surface area contributed by atoms with Crippen LogP contribution >= 0.6 is 11.3 Å². The summed E-state index contributed by atoms with van der Waals surface area (Å²) in [5.74, 6) is -4.60. The Bertz CT molecular complexity index is 2610. The highest BCUT2D eigenvalue weighted by Crippen LogP contribution is 2.25. The summed E-state index contributed by atoms with van der Waals surface area (Å²) in [4.78, 5) is 85.1. The van der Waals surface area contributed by atoms with Gasteiger partial charge in [-0.05, 0) is 82.6 Å². The van der Waals surface area contributed by atoms with Gasteiger partial charge in [-0.15, -0.1) is 11.3 Å². The van der Waals surface area contributed by atoms with E-state index in [9.17, 15) is 33.9 Å². The molecule has 0 saturated carbocycles. The van der Waals surface area contributed by atoms with Crippen molar-refractivity contribution < 1.29 is 38.6 Å². The minimum absolute atomic E-state index is 0.0174. The smallest absolute Gasteiger partial charge is 0.326 e. The highest BCUT2D eigenvalue weighted by molar-refractivity contribution is 7.10. The third-order valence-corrected chi connectivity index (χ3v) is 13.0. The molecule has 5 amide bonds. The molecule has 350 valence electrons. The van der Waals surface area contributed by atoms with Gasteiger partial charge < -0.3 is 36.4 Å². The lowest BCUT2D eigenvalue weighted by atomic mass is 9.96. The molecule has 2 bridgehead atoms. The van der Waals surface area contributed by atoms with Gasteiger partial charge in [0.05, 0.1) is 0 Å². The fourth-order valence-corrected chi connectivity index (χ4v) is 8.91. The van der Waals surface area contributed by atoms with E-state index in [4.69, 9.17) is 4.74 Å². The van der Waals surface area contributed by atoms with Crippen molar-refractivity contribution in [3.8, 4) is 16.9 Å². The van der Waals surface area contributed by atoms with E-state index in [1.54, 1.807) is 36.4 Å². The first-order valence-corrected chi connectivity index (χ1v) is 23.6. The Balaban J connectivity index is 1.22. The molecule has 1 aromatic heterocycles. The zero-order valence-electron chi connectivity index (χ0n) is 37.6. The SMILES string of the molecule is CC(c1cccs1)C1NC(=O)COc2ccc(cc2)CCC(C(=O)NC(CCc2ccccc2)C(=O)O)NC(=O)C(Cc2ccccc2)NC(=O)C(Cc2ccc(-c3ccccc3)cc2)NC1=O. The number of fused-ring (bicyclic) bond motifs is 17. The van der Waals surface area contributed by atoms with E-state index in [2.05, 4.69) is 26.6 Å². The monoisotopic (exact) mass is 933 g/mol. The minimum Gasteiger partial charge on any atom is -0.484 e. The van der Waals surface area contributed by atoms with Gasteiger partial charge in [-0.3, -0.25) is 24.0 Å². The van der Waals surface area contributed by atoms with Crippen LogP contribution < -0.4 is 31.3 Å². The number of aliphatic carboxylic acids is 1. The minimum atomic E-state index is -1.26. The summed E-state index contributed by atoms with van der Waals surface area (Å²) >= 11 is 1.43. The van der Waals surface area contributed by atoms with Crippen molar-refractivity contribution in [3.05, 3.63) is 184 Å². The number of hydrogen-bond donors (Lipinski definition) is 6. The summed E-state index contributed by atoms with van der Waals surface area (Å²) in [5, 5.41) is 26.3. The van der Waals surface area contributed by atoms with Gasteiger partial charge in [0, 0.05) is 23.6 Å². The van der Waals surface area contributed by atoms with Gasteiger partial charge in [0.15, 0.2) is 6.61 Å². The number of nitrogens with one attached hydrogen (secondary N) is 5. The van der Waals surface area contributed by atoms with Crippen LogP contribution in [0.5, 0.6) is 5.75 Å². The molecule has 0 spiro atoms. The van der Waals surface area contributed by atoms with E-state index < -0.39 is 78.2 Å². The van der Waals surface area contributed by atoms with Gasteiger partial charge in [0.25, 0.3) is 5.91 Å². The summed E-state index contributed by atoms with van der Waals surface area (Å²) in [6.07, 6.45) is 0.883. The summed E-state index contributed by atoms with van der Waals surface area (Å²) in [6, 6.07) is 40.3. The van der Waals surface area contributed by atoms with Crippen LogP contribution in [0.2, 0.25) is 0 Å². The van der Waals surface area contributed by atoms with Crippen molar-refractivity contribution in [3.63, 3.8) is 0 Å². The molecule has 14 heteroatoms. The average molecular weight is 934 g/mol. The number of ether oxygens (including phenoxy) is 1. The third kappa shape index (κ3) is 13.7. The van der Waals surface area contributed by atoms with Crippen LogP contribution in [0.25, 0.3) is 11.1 Å². The largest absolute Gasteiger partial charge is 0.484 e. The van der Waals surface area contributed by atoms with Gasteiger partial charge in [-0.2, -0.15) is 0 Å². The molecule has 5 aromatic carbocycles. The average Bonchev–Trinajstić information content (AvgIpc) is 3.91. The standard InChI is InChI=1S/C54H55N5O8S/c1-35(47-18-11-31-68-47)49-53(64)58-46(33-39-19-25-41(26-20-39)40-16-9-4-10-17-40)52(63)57-45(32-38-14-7-3-8-15-38)51(62)55-43(29-23-37-21-27-42(28-22-37)67-34-48(60)59-49)50(61)56-44(54(65)66)30-24-36-12-5-2-6-13-36/h2-22,25-28,31,35,43-46,49H,23-24,29-30,32-34H2,1H3,(H,55,62)(H,56,61)(H,57,63)(H,58,64)(H,59,60)(H,65,66). The van der Waals surface area contributed by atoms with Crippen LogP contribution in [0.1, 0.15) is 52.8 Å². The molecule has 6 atom stereocenters. The zero-order valence-corrected chi connectivity index (χ0v) is 38.5. The quantitative estimate of drug-likeness (QED) is 0.0741. The van der Waals surface area contributed by atoms with Gasteiger partial charge >= 0.3 is 5.97 Å². The molecule has 0 fully saturated rings. The van der Waals surface area contributed by atoms with Crippen LogP contribution in [0.3, 0.4) is 0 Å². The number of aryl methyl sites for hydroxylation is 2. The predicted molar refractivity (Wildman–Crippen MR) is 261 cm³/mol. The Morgan fingerprint density at radius 1 is 0.662 bits per heavy atom. The van der Waals surface area contributed by atoms with Gasteiger partial charge in [-0.25, -0.2) is 4.79 Å². The second-order valence-corrected chi connectivity index (χ2v) is 17.9. The van der Waals surface area contributed by atoms with E-state index in [0.717, 1.165) is 27.1 Å². The lowest BCUT2D eigenvalue weighted by Crippen LogP contribution is -2.60. The predicted octanol–water partition coefficient (Wildman–Crippen LogP) is 6.17. The summed E-state index contributed by atoms with van der Waals surface area (Å²) < 4.78 is 5.84. The van der Waals surface area contributed by atoms with Crippen molar-refractivity contribution in [2.45, 2.75) is 81.6 Å². The number of carboxylic acids is 1. The summed E-state index contributed by atoms with van der Waals surface area (Å²) in [7, 11) is 0. The fraction of sp³-hybridized carbons (Fsp3) is 0.259. The summed E-state index contributed by atoms with van der Waals surface area (Å²) in [5.41, 5.74) is 5.06. The number of carbonyl (C=O) groups excluding carboxylic acids is 5. The van der Waals surface area contributed by atoms with Crippen molar-refractivity contribution in [1.29, 1.82) is 0 Å².